The molecule has 5 heteroatoms. The van der Waals surface area contributed by atoms with E-state index < -0.39 is 0 Å². The third-order valence-corrected chi connectivity index (χ3v) is 4.12. The standard InChI is InChI=1S/C18H22N4O/c23-18(21-13-15-6-5-9-19-12-15)16-7-8-17(20-14-16)22-10-3-1-2-4-11-22/h5-9,12,14H,1-4,10-11,13H2,(H,21,23). The van der Waals surface area contributed by atoms with Crippen molar-refractivity contribution >= 4 is 11.7 Å². The van der Waals surface area contributed by atoms with Gasteiger partial charge in [0.25, 0.3) is 5.91 Å². The first-order chi connectivity index (χ1) is 11.3. The molecule has 1 amide bonds. The highest BCUT2D eigenvalue weighted by Crippen LogP contribution is 2.17. The van der Waals surface area contributed by atoms with Crippen LogP contribution in [0.3, 0.4) is 0 Å². The number of aromatic nitrogens is 2. The highest BCUT2D eigenvalue weighted by atomic mass is 16.1. The van der Waals surface area contributed by atoms with E-state index in [1.165, 1.54) is 25.7 Å². The van der Waals surface area contributed by atoms with Gasteiger partial charge in [-0.2, -0.15) is 0 Å². The zero-order valence-electron chi connectivity index (χ0n) is 13.2. The highest BCUT2D eigenvalue weighted by molar-refractivity contribution is 5.94. The molecule has 2 aromatic rings. The molecule has 1 aliphatic rings. The fourth-order valence-electron chi connectivity index (χ4n) is 2.79. The topological polar surface area (TPSA) is 58.1 Å². The summed E-state index contributed by atoms with van der Waals surface area (Å²) >= 11 is 0. The van der Waals surface area contributed by atoms with Crippen LogP contribution in [0.2, 0.25) is 0 Å². The van der Waals surface area contributed by atoms with Crippen molar-refractivity contribution in [1.82, 2.24) is 15.3 Å². The molecule has 1 aliphatic heterocycles. The summed E-state index contributed by atoms with van der Waals surface area (Å²) < 4.78 is 0. The number of hydrogen-bond donors (Lipinski definition) is 1. The lowest BCUT2D eigenvalue weighted by Gasteiger charge is -2.21. The van der Waals surface area contributed by atoms with Gasteiger partial charge in [0.05, 0.1) is 5.56 Å². The molecule has 0 saturated carbocycles. The molecule has 0 aliphatic carbocycles. The van der Waals surface area contributed by atoms with E-state index >= 15 is 0 Å². The molecule has 0 aromatic carbocycles. The Morgan fingerprint density at radius 1 is 1.09 bits per heavy atom. The monoisotopic (exact) mass is 310 g/mol. The number of hydrogen-bond acceptors (Lipinski definition) is 4. The molecular weight excluding hydrogens is 288 g/mol. The van der Waals surface area contributed by atoms with Crippen LogP contribution in [0.25, 0.3) is 0 Å². The van der Waals surface area contributed by atoms with Gasteiger partial charge in [0.15, 0.2) is 0 Å². The van der Waals surface area contributed by atoms with Crippen molar-refractivity contribution in [3.63, 3.8) is 0 Å². The summed E-state index contributed by atoms with van der Waals surface area (Å²) in [6.07, 6.45) is 10.2. The quantitative estimate of drug-likeness (QED) is 0.943. The van der Waals surface area contributed by atoms with Crippen molar-refractivity contribution in [3.8, 4) is 0 Å². The first-order valence-corrected chi connectivity index (χ1v) is 8.21. The van der Waals surface area contributed by atoms with E-state index in [0.717, 1.165) is 24.5 Å². The molecule has 23 heavy (non-hydrogen) atoms. The number of carbonyl (C=O) groups excluding carboxylic acids is 1. The molecule has 0 atom stereocenters. The Morgan fingerprint density at radius 3 is 2.57 bits per heavy atom. The van der Waals surface area contributed by atoms with Gasteiger partial charge in [0.2, 0.25) is 0 Å². The summed E-state index contributed by atoms with van der Waals surface area (Å²) in [5.41, 5.74) is 1.57. The molecule has 0 unspecified atom stereocenters. The summed E-state index contributed by atoms with van der Waals surface area (Å²) in [6.45, 7) is 2.58. The van der Waals surface area contributed by atoms with Crippen molar-refractivity contribution in [3.05, 3.63) is 54.0 Å². The van der Waals surface area contributed by atoms with Crippen LogP contribution in [-0.4, -0.2) is 29.0 Å². The minimum Gasteiger partial charge on any atom is -0.357 e. The summed E-state index contributed by atoms with van der Waals surface area (Å²) in [5, 5.41) is 2.89. The zero-order valence-corrected chi connectivity index (χ0v) is 13.2. The molecule has 2 aromatic heterocycles. The van der Waals surface area contributed by atoms with E-state index in [-0.39, 0.29) is 5.91 Å². The van der Waals surface area contributed by atoms with Gasteiger partial charge in [0, 0.05) is 38.2 Å². The Kier molecular flexibility index (Phi) is 5.19. The van der Waals surface area contributed by atoms with Gasteiger partial charge >= 0.3 is 0 Å². The Morgan fingerprint density at radius 2 is 1.91 bits per heavy atom. The second-order valence-corrected chi connectivity index (χ2v) is 5.85. The molecule has 1 saturated heterocycles. The third-order valence-electron chi connectivity index (χ3n) is 4.12. The Labute approximate surface area is 136 Å². The largest absolute Gasteiger partial charge is 0.357 e. The van der Waals surface area contributed by atoms with Gasteiger partial charge in [-0.15, -0.1) is 0 Å². The van der Waals surface area contributed by atoms with Crippen LogP contribution in [-0.2, 0) is 6.54 Å². The molecule has 5 nitrogen and oxygen atoms in total. The minimum absolute atomic E-state index is 0.108. The first-order valence-electron chi connectivity index (χ1n) is 8.21. The third kappa shape index (κ3) is 4.28. The predicted octanol–water partition coefficient (Wildman–Crippen LogP) is 2.79. The minimum atomic E-state index is -0.108. The summed E-state index contributed by atoms with van der Waals surface area (Å²) in [7, 11) is 0. The molecule has 1 fully saturated rings. The van der Waals surface area contributed by atoms with Crippen LogP contribution < -0.4 is 10.2 Å². The van der Waals surface area contributed by atoms with E-state index in [1.54, 1.807) is 18.6 Å². The van der Waals surface area contributed by atoms with Crippen molar-refractivity contribution in [2.45, 2.75) is 32.2 Å². The Balaban J connectivity index is 1.58. The fraction of sp³-hybridized carbons (Fsp3) is 0.389. The van der Waals surface area contributed by atoms with Gasteiger partial charge in [-0.1, -0.05) is 18.9 Å². The molecular formula is C18H22N4O. The van der Waals surface area contributed by atoms with Crippen LogP contribution in [0.5, 0.6) is 0 Å². The van der Waals surface area contributed by atoms with Crippen molar-refractivity contribution < 1.29 is 4.79 Å². The van der Waals surface area contributed by atoms with Crippen LogP contribution in [0.15, 0.2) is 42.9 Å². The number of pyridine rings is 2. The summed E-state index contributed by atoms with van der Waals surface area (Å²) in [4.78, 5) is 23.0. The second-order valence-electron chi connectivity index (χ2n) is 5.85. The molecule has 3 heterocycles. The fourth-order valence-corrected chi connectivity index (χ4v) is 2.79. The molecule has 0 radical (unpaired) electrons. The van der Waals surface area contributed by atoms with Crippen LogP contribution >= 0.6 is 0 Å². The maximum Gasteiger partial charge on any atom is 0.253 e. The normalized spacial score (nSPS) is 15.0. The maximum absolute atomic E-state index is 12.2. The number of carbonyl (C=O) groups is 1. The Hall–Kier alpha value is -2.43. The highest BCUT2D eigenvalue weighted by Gasteiger charge is 2.12. The first kappa shape index (κ1) is 15.5. The number of nitrogens with one attached hydrogen (secondary N) is 1. The number of nitrogens with zero attached hydrogens (tertiary/aromatic N) is 3. The zero-order chi connectivity index (χ0) is 15.9. The lowest BCUT2D eigenvalue weighted by Crippen LogP contribution is -2.26. The van der Waals surface area contributed by atoms with Crippen LogP contribution in [0, 0.1) is 0 Å². The lowest BCUT2D eigenvalue weighted by atomic mass is 10.2. The van der Waals surface area contributed by atoms with E-state index in [0.29, 0.717) is 12.1 Å². The predicted molar refractivity (Wildman–Crippen MR) is 90.3 cm³/mol. The van der Waals surface area contributed by atoms with Gasteiger partial charge in [-0.25, -0.2) is 4.98 Å². The Bertz CT molecular complexity index is 619. The van der Waals surface area contributed by atoms with Crippen molar-refractivity contribution in [2.24, 2.45) is 0 Å². The lowest BCUT2D eigenvalue weighted by molar-refractivity contribution is 0.0950. The number of amides is 1. The number of anilines is 1. The van der Waals surface area contributed by atoms with Gasteiger partial charge in [-0.05, 0) is 36.6 Å². The SMILES string of the molecule is O=C(NCc1cccnc1)c1ccc(N2CCCCCC2)nc1. The van der Waals surface area contributed by atoms with Gasteiger partial charge in [-0.3, -0.25) is 9.78 Å². The molecule has 0 bridgehead atoms. The smallest absolute Gasteiger partial charge is 0.253 e. The average molecular weight is 310 g/mol. The number of rotatable bonds is 4. The van der Waals surface area contributed by atoms with Crippen LogP contribution in [0.4, 0.5) is 5.82 Å². The molecule has 120 valence electrons. The summed E-state index contributed by atoms with van der Waals surface area (Å²) in [5.74, 6) is 0.861. The average Bonchev–Trinajstić information content (AvgIpc) is 2.90. The molecule has 0 spiro atoms. The van der Waals surface area contributed by atoms with Crippen molar-refractivity contribution in [2.75, 3.05) is 18.0 Å². The molecule has 1 N–H and O–H groups in total. The van der Waals surface area contributed by atoms with Gasteiger partial charge in [0.1, 0.15) is 5.82 Å². The van der Waals surface area contributed by atoms with E-state index in [2.05, 4.69) is 20.2 Å². The van der Waals surface area contributed by atoms with Crippen molar-refractivity contribution in [1.29, 1.82) is 0 Å². The van der Waals surface area contributed by atoms with Gasteiger partial charge < -0.3 is 10.2 Å². The van der Waals surface area contributed by atoms with E-state index in [9.17, 15) is 4.79 Å². The maximum atomic E-state index is 12.2. The molecule has 3 rings (SSSR count). The van der Waals surface area contributed by atoms with E-state index in [4.69, 9.17) is 0 Å². The van der Waals surface area contributed by atoms with E-state index in [1.807, 2.05) is 24.3 Å². The van der Waals surface area contributed by atoms with Crippen LogP contribution in [0.1, 0.15) is 41.6 Å². The second kappa shape index (κ2) is 7.72. The summed E-state index contributed by atoms with van der Waals surface area (Å²) in [6, 6.07) is 7.60.